The molecule has 0 unspecified atom stereocenters. The lowest BCUT2D eigenvalue weighted by Gasteiger charge is -2.14. The third kappa shape index (κ3) is 4.15. The molecule has 1 fully saturated rings. The third-order valence-corrected chi connectivity index (χ3v) is 5.32. The van der Waals surface area contributed by atoms with E-state index in [4.69, 9.17) is 9.47 Å². The van der Waals surface area contributed by atoms with Gasteiger partial charge in [-0.2, -0.15) is 0 Å². The van der Waals surface area contributed by atoms with Crippen LogP contribution in [-0.2, 0) is 14.8 Å². The quantitative estimate of drug-likeness (QED) is 0.763. The number of nitrogens with one attached hydrogen (secondary N) is 2. The summed E-state index contributed by atoms with van der Waals surface area (Å²) in [4.78, 5) is 20.2. The van der Waals surface area contributed by atoms with E-state index in [9.17, 15) is 13.2 Å². The van der Waals surface area contributed by atoms with Gasteiger partial charge in [-0.25, -0.2) is 23.1 Å². The van der Waals surface area contributed by atoms with Gasteiger partial charge in [-0.1, -0.05) is 0 Å². The summed E-state index contributed by atoms with van der Waals surface area (Å²) in [7, 11) is -2.39. The minimum absolute atomic E-state index is 0.0296. The van der Waals surface area contributed by atoms with Gasteiger partial charge in [-0.05, 0) is 30.7 Å². The number of carbonyl (C=O) groups is 1. The summed E-state index contributed by atoms with van der Waals surface area (Å²) < 4.78 is 38.1. The van der Waals surface area contributed by atoms with Crippen LogP contribution in [0.25, 0.3) is 0 Å². The normalized spacial score (nSPS) is 17.0. The van der Waals surface area contributed by atoms with Crippen LogP contribution >= 0.6 is 0 Å². The van der Waals surface area contributed by atoms with Gasteiger partial charge >= 0.3 is 0 Å². The predicted molar refractivity (Wildman–Crippen MR) is 92.5 cm³/mol. The molecule has 138 valence electrons. The number of aromatic nitrogens is 2. The smallest absolute Gasteiger partial charge is 0.260 e. The van der Waals surface area contributed by atoms with Crippen molar-refractivity contribution in [2.24, 2.45) is 0 Å². The van der Waals surface area contributed by atoms with Crippen molar-refractivity contribution < 1.29 is 22.7 Å². The van der Waals surface area contributed by atoms with Crippen LogP contribution in [0.4, 0.5) is 5.82 Å². The molecule has 26 heavy (non-hydrogen) atoms. The zero-order chi connectivity index (χ0) is 18.6. The van der Waals surface area contributed by atoms with E-state index in [1.54, 1.807) is 0 Å². The van der Waals surface area contributed by atoms with Gasteiger partial charge in [0.25, 0.3) is 5.91 Å². The molecule has 2 aromatic rings. The van der Waals surface area contributed by atoms with E-state index >= 15 is 0 Å². The van der Waals surface area contributed by atoms with Crippen LogP contribution in [-0.4, -0.2) is 50.7 Å². The van der Waals surface area contributed by atoms with Crippen molar-refractivity contribution in [3.05, 3.63) is 42.4 Å². The van der Waals surface area contributed by atoms with E-state index in [0.29, 0.717) is 25.5 Å². The van der Waals surface area contributed by atoms with E-state index in [2.05, 4.69) is 20.0 Å². The molecule has 0 aliphatic carbocycles. The second-order valence-electron chi connectivity index (χ2n) is 5.59. The summed E-state index contributed by atoms with van der Waals surface area (Å²) in [6, 6.07) is 5.34. The number of benzene rings is 1. The van der Waals surface area contributed by atoms with Crippen LogP contribution in [0.2, 0.25) is 0 Å². The van der Waals surface area contributed by atoms with E-state index in [1.165, 1.54) is 43.9 Å². The van der Waals surface area contributed by atoms with Crippen molar-refractivity contribution >= 4 is 21.7 Å². The Bertz CT molecular complexity index is 883. The Hall–Kier alpha value is -2.56. The summed E-state index contributed by atoms with van der Waals surface area (Å²) in [6.07, 6.45) is 3.38. The van der Waals surface area contributed by atoms with Gasteiger partial charge < -0.3 is 14.8 Å². The molecule has 1 atom stereocenters. The maximum absolute atomic E-state index is 12.6. The van der Waals surface area contributed by atoms with E-state index < -0.39 is 15.9 Å². The summed E-state index contributed by atoms with van der Waals surface area (Å²) in [5.41, 5.74) is 0.0802. The summed E-state index contributed by atoms with van der Waals surface area (Å²) in [5, 5.41) is 2.58. The highest BCUT2D eigenvalue weighted by Crippen LogP contribution is 2.24. The van der Waals surface area contributed by atoms with Crippen molar-refractivity contribution in [2.45, 2.75) is 17.4 Å². The Morgan fingerprint density at radius 1 is 1.35 bits per heavy atom. The number of carbonyl (C=O) groups excluding carboxylic acids is 1. The molecular formula is C16H18N4O5S. The number of nitrogens with zero attached hydrogens (tertiary/aromatic N) is 2. The minimum Gasteiger partial charge on any atom is -0.496 e. The van der Waals surface area contributed by atoms with E-state index in [1.807, 2.05) is 0 Å². The third-order valence-electron chi connectivity index (χ3n) is 3.80. The monoisotopic (exact) mass is 378 g/mol. The first kappa shape index (κ1) is 18.2. The molecule has 1 amide bonds. The Morgan fingerprint density at radius 3 is 2.85 bits per heavy atom. The number of methoxy groups -OCH3 is 1. The number of sulfonamides is 1. The summed E-state index contributed by atoms with van der Waals surface area (Å²) >= 11 is 0. The lowest BCUT2D eigenvalue weighted by atomic mass is 10.2. The van der Waals surface area contributed by atoms with Crippen LogP contribution in [0.1, 0.15) is 16.8 Å². The second kappa shape index (κ2) is 7.77. The number of anilines is 1. The molecule has 0 radical (unpaired) electrons. The molecule has 0 bridgehead atoms. The molecule has 1 aromatic carbocycles. The summed E-state index contributed by atoms with van der Waals surface area (Å²) in [6.45, 7) is 0.846. The van der Waals surface area contributed by atoms with Crippen LogP contribution in [0.15, 0.2) is 41.7 Å². The Morgan fingerprint density at radius 2 is 2.19 bits per heavy atom. The first-order chi connectivity index (χ1) is 12.5. The van der Waals surface area contributed by atoms with Crippen LogP contribution in [0.3, 0.4) is 0 Å². The number of ether oxygens (including phenoxy) is 2. The average Bonchev–Trinajstić information content (AvgIpc) is 3.14. The van der Waals surface area contributed by atoms with Crippen molar-refractivity contribution in [3.63, 3.8) is 0 Å². The fraction of sp³-hybridized carbons (Fsp3) is 0.312. The van der Waals surface area contributed by atoms with E-state index in [0.717, 1.165) is 0 Å². The van der Waals surface area contributed by atoms with Gasteiger partial charge in [0.15, 0.2) is 0 Å². The molecule has 0 saturated carbocycles. The highest BCUT2D eigenvalue weighted by atomic mass is 32.2. The van der Waals surface area contributed by atoms with E-state index in [-0.39, 0.29) is 22.3 Å². The van der Waals surface area contributed by atoms with Gasteiger partial charge in [0, 0.05) is 18.8 Å². The highest BCUT2D eigenvalue weighted by Gasteiger charge is 2.25. The maximum Gasteiger partial charge on any atom is 0.260 e. The molecule has 2 heterocycles. The number of hydrogen-bond acceptors (Lipinski definition) is 7. The van der Waals surface area contributed by atoms with Crippen LogP contribution < -0.4 is 14.8 Å². The fourth-order valence-corrected chi connectivity index (χ4v) is 3.78. The minimum atomic E-state index is -3.79. The van der Waals surface area contributed by atoms with Crippen molar-refractivity contribution in [1.29, 1.82) is 0 Å². The molecule has 1 saturated heterocycles. The lowest BCUT2D eigenvalue weighted by Crippen LogP contribution is -2.35. The van der Waals surface area contributed by atoms with Crippen molar-refractivity contribution in [2.75, 3.05) is 25.6 Å². The predicted octanol–water partition coefficient (Wildman–Crippen LogP) is 0.805. The Kier molecular flexibility index (Phi) is 5.45. The molecule has 9 nitrogen and oxygen atoms in total. The zero-order valence-electron chi connectivity index (χ0n) is 14.0. The highest BCUT2D eigenvalue weighted by molar-refractivity contribution is 7.89. The topological polar surface area (TPSA) is 120 Å². The molecule has 10 heteroatoms. The summed E-state index contributed by atoms with van der Waals surface area (Å²) in [5.74, 6) is 0.00282. The van der Waals surface area contributed by atoms with Gasteiger partial charge in [0.05, 0.1) is 24.2 Å². The maximum atomic E-state index is 12.6. The SMILES string of the molecule is COc1ccc(S(=O)(=O)N[C@H]2CCOC2)cc1C(=O)Nc1ccncn1. The number of amides is 1. The van der Waals surface area contributed by atoms with Gasteiger partial charge in [-0.3, -0.25) is 4.79 Å². The number of rotatable bonds is 6. The molecule has 2 N–H and O–H groups in total. The molecular weight excluding hydrogens is 360 g/mol. The van der Waals surface area contributed by atoms with Gasteiger partial charge in [0.1, 0.15) is 17.9 Å². The first-order valence-electron chi connectivity index (χ1n) is 7.85. The Balaban J connectivity index is 1.87. The zero-order valence-corrected chi connectivity index (χ0v) is 14.8. The Labute approximate surface area is 150 Å². The average molecular weight is 378 g/mol. The fourth-order valence-electron chi connectivity index (χ4n) is 2.49. The number of hydrogen-bond donors (Lipinski definition) is 2. The molecule has 1 aliphatic rings. The van der Waals surface area contributed by atoms with Crippen molar-refractivity contribution in [3.8, 4) is 5.75 Å². The first-order valence-corrected chi connectivity index (χ1v) is 9.33. The second-order valence-corrected chi connectivity index (χ2v) is 7.31. The molecule has 1 aliphatic heterocycles. The molecule has 3 rings (SSSR count). The van der Waals surface area contributed by atoms with Crippen LogP contribution in [0.5, 0.6) is 5.75 Å². The lowest BCUT2D eigenvalue weighted by molar-refractivity contribution is 0.102. The molecule has 1 aromatic heterocycles. The van der Waals surface area contributed by atoms with Crippen molar-refractivity contribution in [1.82, 2.24) is 14.7 Å². The molecule has 0 spiro atoms. The van der Waals surface area contributed by atoms with Gasteiger partial charge in [0.2, 0.25) is 10.0 Å². The standard InChI is InChI=1S/C16H18N4O5S/c1-24-14-3-2-12(26(22,23)20-11-5-7-25-9-11)8-13(14)16(21)19-15-4-6-17-10-18-15/h2-4,6,8,10-11,20H,5,7,9H2,1H3,(H,17,18,19,21)/t11-/m0/s1. The van der Waals surface area contributed by atoms with Gasteiger partial charge in [-0.15, -0.1) is 0 Å². The van der Waals surface area contributed by atoms with Crippen LogP contribution in [0, 0.1) is 0 Å². The largest absolute Gasteiger partial charge is 0.496 e.